The fraction of sp³-hybridized carbons (Fsp3) is 0.200. The number of nitrogens with one attached hydrogen (secondary N) is 3. The minimum atomic E-state index is -3.22. The molecule has 0 fully saturated rings. The van der Waals surface area contributed by atoms with Gasteiger partial charge in [-0.05, 0) is 48.4 Å². The standard InChI is InChI=1S/C20H21N3O5S2/c1-30(26,27)22-10-9-16-7-8-18(29-16)20(25)21-13-14-4-2-5-15(12-14)23-19(24)17-6-3-11-28-17/h2-8,11-12,22H,9-10,13H2,1H3,(H,21,25)(H,23,24). The largest absolute Gasteiger partial charge is 0.459 e. The molecule has 0 aliphatic heterocycles. The summed E-state index contributed by atoms with van der Waals surface area (Å²) in [7, 11) is -3.22. The second-order valence-electron chi connectivity index (χ2n) is 6.50. The molecule has 30 heavy (non-hydrogen) atoms. The van der Waals surface area contributed by atoms with E-state index in [0.717, 1.165) is 16.7 Å². The van der Waals surface area contributed by atoms with E-state index in [9.17, 15) is 18.0 Å². The van der Waals surface area contributed by atoms with Gasteiger partial charge >= 0.3 is 0 Å². The Labute approximate surface area is 178 Å². The van der Waals surface area contributed by atoms with Gasteiger partial charge in [-0.3, -0.25) is 9.59 Å². The van der Waals surface area contributed by atoms with E-state index >= 15 is 0 Å². The highest BCUT2D eigenvalue weighted by atomic mass is 32.2. The lowest BCUT2D eigenvalue weighted by atomic mass is 10.2. The first-order valence-electron chi connectivity index (χ1n) is 9.05. The summed E-state index contributed by atoms with van der Waals surface area (Å²) in [6, 6.07) is 13.9. The number of carbonyl (C=O) groups excluding carboxylic acids is 2. The average Bonchev–Trinajstić information content (AvgIpc) is 3.38. The number of furan rings is 1. The van der Waals surface area contributed by atoms with E-state index < -0.39 is 10.0 Å². The number of carbonyl (C=O) groups is 2. The van der Waals surface area contributed by atoms with Crippen LogP contribution in [-0.2, 0) is 23.0 Å². The lowest BCUT2D eigenvalue weighted by Crippen LogP contribution is -2.24. The molecule has 0 aliphatic rings. The van der Waals surface area contributed by atoms with Crippen molar-refractivity contribution < 1.29 is 22.4 Å². The number of benzene rings is 1. The van der Waals surface area contributed by atoms with Crippen molar-refractivity contribution >= 4 is 38.9 Å². The normalized spacial score (nSPS) is 11.2. The molecule has 0 radical (unpaired) electrons. The van der Waals surface area contributed by atoms with Crippen LogP contribution in [0.5, 0.6) is 0 Å². The van der Waals surface area contributed by atoms with Crippen LogP contribution in [0.15, 0.2) is 59.2 Å². The zero-order valence-corrected chi connectivity index (χ0v) is 17.8. The van der Waals surface area contributed by atoms with Crippen LogP contribution in [0.4, 0.5) is 5.69 Å². The highest BCUT2D eigenvalue weighted by molar-refractivity contribution is 7.88. The van der Waals surface area contributed by atoms with Crippen LogP contribution in [0.1, 0.15) is 30.7 Å². The summed E-state index contributed by atoms with van der Waals surface area (Å²) < 4.78 is 29.7. The van der Waals surface area contributed by atoms with Gasteiger partial charge in [-0.15, -0.1) is 11.3 Å². The summed E-state index contributed by atoms with van der Waals surface area (Å²) in [6.07, 6.45) is 3.05. The van der Waals surface area contributed by atoms with Crippen molar-refractivity contribution in [3.05, 3.63) is 75.9 Å². The molecule has 2 aromatic heterocycles. The van der Waals surface area contributed by atoms with E-state index in [1.165, 1.54) is 17.6 Å². The second-order valence-corrected chi connectivity index (χ2v) is 9.50. The second kappa shape index (κ2) is 9.70. The van der Waals surface area contributed by atoms with Crippen LogP contribution in [0.25, 0.3) is 0 Å². The van der Waals surface area contributed by atoms with Gasteiger partial charge in [0.15, 0.2) is 5.76 Å². The molecule has 3 aromatic rings. The van der Waals surface area contributed by atoms with Crippen molar-refractivity contribution in [2.24, 2.45) is 0 Å². The molecule has 0 spiro atoms. The number of thiophene rings is 1. The lowest BCUT2D eigenvalue weighted by molar-refractivity contribution is 0.0953. The monoisotopic (exact) mass is 447 g/mol. The van der Waals surface area contributed by atoms with Crippen molar-refractivity contribution in [1.29, 1.82) is 0 Å². The predicted octanol–water partition coefficient (Wildman–Crippen LogP) is 2.62. The van der Waals surface area contributed by atoms with Crippen molar-refractivity contribution in [2.45, 2.75) is 13.0 Å². The maximum absolute atomic E-state index is 12.4. The molecule has 0 atom stereocenters. The number of sulfonamides is 1. The molecule has 0 saturated carbocycles. The summed E-state index contributed by atoms with van der Waals surface area (Å²) in [5, 5.41) is 5.59. The predicted molar refractivity (Wildman–Crippen MR) is 115 cm³/mol. The van der Waals surface area contributed by atoms with Gasteiger partial charge in [0.25, 0.3) is 11.8 Å². The summed E-state index contributed by atoms with van der Waals surface area (Å²) in [4.78, 5) is 25.9. The van der Waals surface area contributed by atoms with Gasteiger partial charge in [0.1, 0.15) is 0 Å². The summed E-state index contributed by atoms with van der Waals surface area (Å²) in [5.74, 6) is -0.348. The minimum absolute atomic E-state index is 0.215. The molecular formula is C20H21N3O5S2. The fourth-order valence-corrected chi connectivity index (χ4v) is 4.02. The number of hydrogen-bond acceptors (Lipinski definition) is 6. The molecule has 2 amide bonds. The molecule has 8 nitrogen and oxygen atoms in total. The van der Waals surface area contributed by atoms with E-state index in [-0.39, 0.29) is 24.1 Å². The fourth-order valence-electron chi connectivity index (χ4n) is 2.62. The van der Waals surface area contributed by atoms with Crippen LogP contribution < -0.4 is 15.4 Å². The molecule has 0 bridgehead atoms. The zero-order chi connectivity index (χ0) is 21.6. The van der Waals surface area contributed by atoms with Crippen molar-refractivity contribution in [3.8, 4) is 0 Å². The van der Waals surface area contributed by atoms with Gasteiger partial charge in [0.2, 0.25) is 10.0 Å². The average molecular weight is 448 g/mol. The van der Waals surface area contributed by atoms with Crippen molar-refractivity contribution in [3.63, 3.8) is 0 Å². The maximum Gasteiger partial charge on any atom is 0.291 e. The topological polar surface area (TPSA) is 118 Å². The van der Waals surface area contributed by atoms with Gasteiger partial charge in [-0.25, -0.2) is 13.1 Å². The first-order chi connectivity index (χ1) is 14.3. The zero-order valence-electron chi connectivity index (χ0n) is 16.2. The van der Waals surface area contributed by atoms with Gasteiger partial charge in [0.05, 0.1) is 17.4 Å². The third-order valence-corrected chi connectivity index (χ3v) is 5.88. The Morgan fingerprint density at radius 1 is 1.07 bits per heavy atom. The minimum Gasteiger partial charge on any atom is -0.459 e. The van der Waals surface area contributed by atoms with Gasteiger partial charge in [-0.1, -0.05) is 12.1 Å². The Morgan fingerprint density at radius 3 is 2.63 bits per heavy atom. The number of anilines is 1. The Morgan fingerprint density at radius 2 is 1.90 bits per heavy atom. The molecule has 0 aliphatic carbocycles. The number of rotatable bonds is 9. The molecule has 0 unspecified atom stereocenters. The molecule has 3 N–H and O–H groups in total. The highest BCUT2D eigenvalue weighted by Crippen LogP contribution is 2.17. The van der Waals surface area contributed by atoms with Gasteiger partial charge in [-0.2, -0.15) is 0 Å². The Bertz CT molecular complexity index is 1120. The van der Waals surface area contributed by atoms with E-state index in [1.54, 1.807) is 36.4 Å². The summed E-state index contributed by atoms with van der Waals surface area (Å²) in [5.41, 5.74) is 1.43. The van der Waals surface area contributed by atoms with E-state index in [4.69, 9.17) is 4.42 Å². The Hall–Kier alpha value is -2.95. The van der Waals surface area contributed by atoms with E-state index in [2.05, 4.69) is 15.4 Å². The Kier molecular flexibility index (Phi) is 7.03. The van der Waals surface area contributed by atoms with Crippen LogP contribution in [-0.4, -0.2) is 33.0 Å². The SMILES string of the molecule is CS(=O)(=O)NCCc1ccc(C(=O)NCc2cccc(NC(=O)c3ccco3)c2)s1. The smallest absolute Gasteiger partial charge is 0.291 e. The van der Waals surface area contributed by atoms with Crippen LogP contribution in [0, 0.1) is 0 Å². The number of amides is 2. The van der Waals surface area contributed by atoms with Crippen LogP contribution >= 0.6 is 11.3 Å². The van der Waals surface area contributed by atoms with Crippen molar-refractivity contribution in [1.82, 2.24) is 10.0 Å². The quantitative estimate of drug-likeness (QED) is 0.466. The van der Waals surface area contributed by atoms with E-state index in [1.807, 2.05) is 12.1 Å². The maximum atomic E-state index is 12.4. The first-order valence-corrected chi connectivity index (χ1v) is 11.8. The third kappa shape index (κ3) is 6.55. The summed E-state index contributed by atoms with van der Waals surface area (Å²) >= 11 is 1.32. The molecule has 0 saturated heterocycles. The summed E-state index contributed by atoms with van der Waals surface area (Å²) in [6.45, 7) is 0.586. The van der Waals surface area contributed by atoms with Crippen molar-refractivity contribution in [2.75, 3.05) is 18.1 Å². The number of hydrogen-bond donors (Lipinski definition) is 3. The van der Waals surface area contributed by atoms with E-state index in [0.29, 0.717) is 23.5 Å². The highest BCUT2D eigenvalue weighted by Gasteiger charge is 2.11. The molecule has 2 heterocycles. The molecule has 158 valence electrons. The van der Waals surface area contributed by atoms with Crippen LogP contribution in [0.2, 0.25) is 0 Å². The van der Waals surface area contributed by atoms with Gasteiger partial charge < -0.3 is 15.1 Å². The first kappa shape index (κ1) is 21.8. The molecule has 3 rings (SSSR count). The lowest BCUT2D eigenvalue weighted by Gasteiger charge is -2.07. The molecule has 1 aromatic carbocycles. The van der Waals surface area contributed by atoms with Gasteiger partial charge in [0, 0.05) is 23.7 Å². The third-order valence-electron chi connectivity index (χ3n) is 4.00. The Balaban J connectivity index is 1.52. The van der Waals surface area contributed by atoms with Crippen LogP contribution in [0.3, 0.4) is 0 Å². The molecule has 10 heteroatoms. The molecular weight excluding hydrogens is 426 g/mol.